The van der Waals surface area contributed by atoms with E-state index in [1.54, 1.807) is 0 Å². The molecule has 4 nitrogen and oxygen atoms in total. The Bertz CT molecular complexity index is 305. The van der Waals surface area contributed by atoms with Crippen molar-refractivity contribution < 1.29 is 13.9 Å². The van der Waals surface area contributed by atoms with E-state index in [0.717, 1.165) is 31.0 Å². The molecule has 0 spiro atoms. The maximum Gasteiger partial charge on any atom is 0.117 e. The summed E-state index contributed by atoms with van der Waals surface area (Å²) in [7, 11) is 0. The third kappa shape index (κ3) is 3.33. The Morgan fingerprint density at radius 2 is 2.19 bits per heavy atom. The first kappa shape index (κ1) is 11.6. The van der Waals surface area contributed by atoms with Gasteiger partial charge in [0.05, 0.1) is 32.5 Å². The highest BCUT2D eigenvalue weighted by Gasteiger charge is 2.13. The van der Waals surface area contributed by atoms with E-state index < -0.39 is 0 Å². The molecule has 0 bridgehead atoms. The van der Waals surface area contributed by atoms with Gasteiger partial charge in [0.2, 0.25) is 0 Å². The number of aryl methyl sites for hydroxylation is 1. The summed E-state index contributed by atoms with van der Waals surface area (Å²) >= 11 is 0. The highest BCUT2D eigenvalue weighted by Crippen LogP contribution is 2.08. The van der Waals surface area contributed by atoms with Gasteiger partial charge in [0, 0.05) is 13.0 Å². The highest BCUT2D eigenvalue weighted by atomic mass is 16.6. The van der Waals surface area contributed by atoms with Gasteiger partial charge in [-0.2, -0.15) is 0 Å². The molecule has 1 fully saturated rings. The number of hydrogen-bond acceptors (Lipinski definition) is 4. The molecule has 0 aromatic carbocycles. The SMILES string of the molecule is CCc1ccc(CNCC2COCCO2)o1. The van der Waals surface area contributed by atoms with Crippen molar-refractivity contribution in [3.05, 3.63) is 23.7 Å². The zero-order valence-electron chi connectivity index (χ0n) is 9.70. The van der Waals surface area contributed by atoms with Gasteiger partial charge >= 0.3 is 0 Å². The predicted molar refractivity (Wildman–Crippen MR) is 60.4 cm³/mol. The first-order chi connectivity index (χ1) is 7.88. The standard InChI is InChI=1S/C12H19NO3/c1-2-10-3-4-11(16-10)7-13-8-12-9-14-5-6-15-12/h3-4,12-13H,2,5-9H2,1H3. The molecular formula is C12H19NO3. The lowest BCUT2D eigenvalue weighted by molar-refractivity contribution is -0.0865. The molecule has 16 heavy (non-hydrogen) atoms. The Morgan fingerprint density at radius 1 is 1.31 bits per heavy atom. The molecule has 1 saturated heterocycles. The summed E-state index contributed by atoms with van der Waals surface area (Å²) in [5, 5.41) is 3.31. The van der Waals surface area contributed by atoms with Crippen LogP contribution in [0.1, 0.15) is 18.4 Å². The molecule has 2 rings (SSSR count). The van der Waals surface area contributed by atoms with E-state index in [-0.39, 0.29) is 6.10 Å². The molecule has 1 aromatic heterocycles. The molecule has 0 aliphatic carbocycles. The summed E-state index contributed by atoms with van der Waals surface area (Å²) in [6.07, 6.45) is 1.12. The number of furan rings is 1. The molecule has 0 radical (unpaired) electrons. The minimum absolute atomic E-state index is 0.175. The van der Waals surface area contributed by atoms with Crippen LogP contribution in [0, 0.1) is 0 Å². The molecule has 2 heterocycles. The van der Waals surface area contributed by atoms with Crippen molar-refractivity contribution in [3.63, 3.8) is 0 Å². The van der Waals surface area contributed by atoms with Crippen LogP contribution >= 0.6 is 0 Å². The molecule has 0 amide bonds. The monoisotopic (exact) mass is 225 g/mol. The molecule has 90 valence electrons. The molecule has 1 aliphatic rings. The first-order valence-electron chi connectivity index (χ1n) is 5.86. The van der Waals surface area contributed by atoms with Gasteiger partial charge in [-0.15, -0.1) is 0 Å². The molecule has 1 aliphatic heterocycles. The maximum absolute atomic E-state index is 5.59. The van der Waals surface area contributed by atoms with Gasteiger partial charge in [-0.05, 0) is 12.1 Å². The molecule has 1 unspecified atom stereocenters. The van der Waals surface area contributed by atoms with E-state index >= 15 is 0 Å². The maximum atomic E-state index is 5.59. The van der Waals surface area contributed by atoms with Crippen LogP contribution in [0.15, 0.2) is 16.5 Å². The summed E-state index contributed by atoms with van der Waals surface area (Å²) in [5.74, 6) is 2.02. The number of rotatable bonds is 5. The number of ether oxygens (including phenoxy) is 2. The van der Waals surface area contributed by atoms with Gasteiger partial charge in [-0.3, -0.25) is 0 Å². The Balaban J connectivity index is 1.66. The third-order valence-corrected chi connectivity index (χ3v) is 2.62. The number of hydrogen-bond donors (Lipinski definition) is 1. The Morgan fingerprint density at radius 3 is 2.88 bits per heavy atom. The lowest BCUT2D eigenvalue weighted by Crippen LogP contribution is -2.37. The summed E-state index contributed by atoms with van der Waals surface area (Å²) in [6, 6.07) is 4.04. The van der Waals surface area contributed by atoms with Crippen molar-refractivity contribution in [3.8, 4) is 0 Å². The van der Waals surface area contributed by atoms with Crippen molar-refractivity contribution in [2.45, 2.75) is 26.0 Å². The normalized spacial score (nSPS) is 21.2. The van der Waals surface area contributed by atoms with Crippen LogP contribution < -0.4 is 5.32 Å². The van der Waals surface area contributed by atoms with Crippen LogP contribution in [0.2, 0.25) is 0 Å². The summed E-state index contributed by atoms with van der Waals surface area (Å²) in [5.41, 5.74) is 0. The summed E-state index contributed by atoms with van der Waals surface area (Å²) < 4.78 is 16.4. The molecule has 1 N–H and O–H groups in total. The topological polar surface area (TPSA) is 43.6 Å². The second-order valence-electron chi connectivity index (χ2n) is 3.92. The van der Waals surface area contributed by atoms with Gasteiger partial charge in [0.1, 0.15) is 11.5 Å². The van der Waals surface area contributed by atoms with E-state index in [1.165, 1.54) is 0 Å². The fourth-order valence-electron chi connectivity index (χ4n) is 1.72. The largest absolute Gasteiger partial charge is 0.465 e. The van der Waals surface area contributed by atoms with Gasteiger partial charge in [-0.1, -0.05) is 6.92 Å². The lowest BCUT2D eigenvalue weighted by Gasteiger charge is -2.22. The van der Waals surface area contributed by atoms with E-state index in [4.69, 9.17) is 13.9 Å². The van der Waals surface area contributed by atoms with E-state index in [0.29, 0.717) is 19.8 Å². The second kappa shape index (κ2) is 6.03. The lowest BCUT2D eigenvalue weighted by atomic mass is 10.3. The van der Waals surface area contributed by atoms with Gasteiger partial charge < -0.3 is 19.2 Å². The Labute approximate surface area is 95.9 Å². The summed E-state index contributed by atoms with van der Waals surface area (Å²) in [6.45, 7) is 5.75. The first-order valence-corrected chi connectivity index (χ1v) is 5.86. The van der Waals surface area contributed by atoms with E-state index in [2.05, 4.69) is 12.2 Å². The van der Waals surface area contributed by atoms with Crippen LogP contribution in [0.5, 0.6) is 0 Å². The molecule has 0 saturated carbocycles. The number of nitrogens with one attached hydrogen (secondary N) is 1. The smallest absolute Gasteiger partial charge is 0.117 e. The fraction of sp³-hybridized carbons (Fsp3) is 0.667. The average molecular weight is 225 g/mol. The van der Waals surface area contributed by atoms with Crippen LogP contribution in [-0.4, -0.2) is 32.5 Å². The van der Waals surface area contributed by atoms with Crippen molar-refractivity contribution in [2.75, 3.05) is 26.4 Å². The van der Waals surface area contributed by atoms with Crippen molar-refractivity contribution in [2.24, 2.45) is 0 Å². The highest BCUT2D eigenvalue weighted by molar-refractivity contribution is 5.06. The predicted octanol–water partition coefficient (Wildman–Crippen LogP) is 1.35. The Hall–Kier alpha value is -0.840. The molecule has 1 aromatic rings. The summed E-state index contributed by atoms with van der Waals surface area (Å²) in [4.78, 5) is 0. The van der Waals surface area contributed by atoms with E-state index in [9.17, 15) is 0 Å². The van der Waals surface area contributed by atoms with Gasteiger partial charge in [-0.25, -0.2) is 0 Å². The zero-order valence-corrected chi connectivity index (χ0v) is 9.70. The van der Waals surface area contributed by atoms with Crippen LogP contribution in [-0.2, 0) is 22.4 Å². The van der Waals surface area contributed by atoms with Gasteiger partial charge in [0.25, 0.3) is 0 Å². The molecular weight excluding hydrogens is 206 g/mol. The quantitative estimate of drug-likeness (QED) is 0.821. The van der Waals surface area contributed by atoms with Crippen molar-refractivity contribution in [1.29, 1.82) is 0 Å². The minimum atomic E-state index is 0.175. The van der Waals surface area contributed by atoms with Crippen LogP contribution in [0.25, 0.3) is 0 Å². The molecule has 1 atom stereocenters. The molecule has 4 heteroatoms. The van der Waals surface area contributed by atoms with Crippen LogP contribution in [0.4, 0.5) is 0 Å². The third-order valence-electron chi connectivity index (χ3n) is 2.62. The zero-order chi connectivity index (χ0) is 11.2. The van der Waals surface area contributed by atoms with Crippen LogP contribution in [0.3, 0.4) is 0 Å². The van der Waals surface area contributed by atoms with E-state index in [1.807, 2.05) is 12.1 Å². The fourth-order valence-corrected chi connectivity index (χ4v) is 1.72. The average Bonchev–Trinajstić information content (AvgIpc) is 2.78. The van der Waals surface area contributed by atoms with Gasteiger partial charge in [0.15, 0.2) is 0 Å². The minimum Gasteiger partial charge on any atom is -0.465 e. The van der Waals surface area contributed by atoms with Crippen molar-refractivity contribution in [1.82, 2.24) is 5.32 Å². The van der Waals surface area contributed by atoms with Crippen molar-refractivity contribution >= 4 is 0 Å². The second-order valence-corrected chi connectivity index (χ2v) is 3.92. The Kier molecular flexibility index (Phi) is 4.39.